The normalized spacial score (nSPS) is 14.0. The monoisotopic (exact) mass is 389 g/mol. The summed E-state index contributed by atoms with van der Waals surface area (Å²) in [5.41, 5.74) is 1.90. The van der Waals surface area contributed by atoms with Crippen LogP contribution < -0.4 is 14.8 Å². The van der Waals surface area contributed by atoms with Gasteiger partial charge in [-0.25, -0.2) is 8.42 Å². The number of carbonyl (C=O) groups is 1. The van der Waals surface area contributed by atoms with Gasteiger partial charge in [-0.05, 0) is 48.2 Å². The number of benzene rings is 2. The van der Waals surface area contributed by atoms with E-state index in [0.717, 1.165) is 16.9 Å². The van der Waals surface area contributed by atoms with Gasteiger partial charge in [-0.2, -0.15) is 0 Å². The van der Waals surface area contributed by atoms with Gasteiger partial charge in [0.2, 0.25) is 12.7 Å². The Kier molecular flexibility index (Phi) is 5.70. The van der Waals surface area contributed by atoms with Crippen LogP contribution in [-0.2, 0) is 21.1 Å². The van der Waals surface area contributed by atoms with E-state index in [0.29, 0.717) is 25.0 Å². The van der Waals surface area contributed by atoms with Gasteiger partial charge in [0.25, 0.3) is 0 Å². The molecule has 0 aliphatic carbocycles. The maximum Gasteiger partial charge on any atom is 0.231 e. The molecule has 7 heteroatoms. The third kappa shape index (κ3) is 4.80. The van der Waals surface area contributed by atoms with E-state index >= 15 is 0 Å². The third-order valence-corrected chi connectivity index (χ3v) is 5.66. The summed E-state index contributed by atoms with van der Waals surface area (Å²) in [7, 11) is -3.23. The molecule has 0 aromatic heterocycles. The van der Waals surface area contributed by atoms with Crippen LogP contribution in [0.2, 0.25) is 0 Å². The van der Waals surface area contributed by atoms with Crippen LogP contribution in [0.4, 0.5) is 0 Å². The molecule has 6 nitrogen and oxygen atoms in total. The van der Waals surface area contributed by atoms with Crippen molar-refractivity contribution < 1.29 is 22.7 Å². The molecule has 1 aliphatic heterocycles. The summed E-state index contributed by atoms with van der Waals surface area (Å²) in [4.78, 5) is 12.6. The second kappa shape index (κ2) is 8.00. The van der Waals surface area contributed by atoms with E-state index in [2.05, 4.69) is 5.32 Å². The second-order valence-corrected chi connectivity index (χ2v) is 8.57. The van der Waals surface area contributed by atoms with Gasteiger partial charge in [0.15, 0.2) is 21.3 Å². The van der Waals surface area contributed by atoms with Gasteiger partial charge in [-0.15, -0.1) is 0 Å². The summed E-state index contributed by atoms with van der Waals surface area (Å²) in [6.45, 7) is 2.21. The van der Waals surface area contributed by atoms with Gasteiger partial charge in [0.1, 0.15) is 0 Å². The molecule has 2 aromatic rings. The Morgan fingerprint density at radius 1 is 1.11 bits per heavy atom. The van der Waals surface area contributed by atoms with E-state index in [1.165, 1.54) is 6.26 Å². The number of nitrogens with one attached hydrogen (secondary N) is 1. The standard InChI is InChI=1S/C20H23NO5S/c1-3-17(15-6-8-16(9-7-15)27(2,23)24)21-20(22)11-5-14-4-10-18-19(12-14)26-13-25-18/h4,6-10,12,17H,3,5,11,13H2,1-2H3,(H,21,22)/t17-/m0/s1. The molecule has 0 unspecified atom stereocenters. The highest BCUT2D eigenvalue weighted by atomic mass is 32.2. The molecule has 1 amide bonds. The Morgan fingerprint density at radius 2 is 1.81 bits per heavy atom. The molecule has 1 heterocycles. The minimum absolute atomic E-state index is 0.0493. The molecule has 2 aromatic carbocycles. The summed E-state index contributed by atoms with van der Waals surface area (Å²) in [6.07, 6.45) is 2.86. The van der Waals surface area contributed by atoms with Gasteiger partial charge in [0.05, 0.1) is 10.9 Å². The van der Waals surface area contributed by atoms with Crippen molar-refractivity contribution in [1.29, 1.82) is 0 Å². The molecule has 3 rings (SSSR count). The number of aryl methyl sites for hydroxylation is 1. The highest BCUT2D eigenvalue weighted by molar-refractivity contribution is 7.90. The summed E-state index contributed by atoms with van der Waals surface area (Å²) in [5.74, 6) is 1.39. The van der Waals surface area contributed by atoms with Crippen molar-refractivity contribution in [2.45, 2.75) is 37.1 Å². The zero-order valence-corrected chi connectivity index (χ0v) is 16.2. The fraction of sp³-hybridized carbons (Fsp3) is 0.350. The molecule has 0 bridgehead atoms. The minimum Gasteiger partial charge on any atom is -0.454 e. The molecule has 0 spiro atoms. The highest BCUT2D eigenvalue weighted by Crippen LogP contribution is 2.32. The van der Waals surface area contributed by atoms with Gasteiger partial charge < -0.3 is 14.8 Å². The molecular weight excluding hydrogens is 366 g/mol. The first-order chi connectivity index (χ1) is 12.9. The molecule has 144 valence electrons. The Bertz CT molecular complexity index is 922. The van der Waals surface area contributed by atoms with Gasteiger partial charge in [-0.1, -0.05) is 25.1 Å². The second-order valence-electron chi connectivity index (χ2n) is 6.56. The van der Waals surface area contributed by atoms with Crippen molar-refractivity contribution >= 4 is 15.7 Å². The first-order valence-electron chi connectivity index (χ1n) is 8.84. The molecule has 1 N–H and O–H groups in total. The minimum atomic E-state index is -3.23. The smallest absolute Gasteiger partial charge is 0.231 e. The van der Waals surface area contributed by atoms with Crippen molar-refractivity contribution in [2.75, 3.05) is 13.0 Å². The maximum absolute atomic E-state index is 12.4. The molecule has 0 saturated heterocycles. The lowest BCUT2D eigenvalue weighted by molar-refractivity contribution is -0.121. The average Bonchev–Trinajstić information content (AvgIpc) is 3.11. The van der Waals surface area contributed by atoms with Gasteiger partial charge in [-0.3, -0.25) is 4.79 Å². The van der Waals surface area contributed by atoms with Crippen LogP contribution in [0.3, 0.4) is 0 Å². The average molecular weight is 389 g/mol. The summed E-state index contributed by atoms with van der Waals surface area (Å²) >= 11 is 0. The van der Waals surface area contributed by atoms with Crippen molar-refractivity contribution in [2.24, 2.45) is 0 Å². The number of hydrogen-bond donors (Lipinski definition) is 1. The number of ether oxygens (including phenoxy) is 2. The number of fused-ring (bicyclic) bond motifs is 1. The first-order valence-corrected chi connectivity index (χ1v) is 10.7. The van der Waals surface area contributed by atoms with E-state index < -0.39 is 9.84 Å². The van der Waals surface area contributed by atoms with E-state index in [9.17, 15) is 13.2 Å². The Morgan fingerprint density at radius 3 is 2.48 bits per heavy atom. The van der Waals surface area contributed by atoms with Crippen LogP contribution in [-0.4, -0.2) is 27.4 Å². The zero-order valence-electron chi connectivity index (χ0n) is 15.4. The molecule has 1 atom stereocenters. The highest BCUT2D eigenvalue weighted by Gasteiger charge is 2.16. The Balaban J connectivity index is 1.58. The number of amides is 1. The van der Waals surface area contributed by atoms with Crippen LogP contribution in [0.15, 0.2) is 47.4 Å². The summed E-state index contributed by atoms with van der Waals surface area (Å²) in [6, 6.07) is 12.2. The quantitative estimate of drug-likeness (QED) is 0.787. The lowest BCUT2D eigenvalue weighted by Crippen LogP contribution is -2.28. The first kappa shape index (κ1) is 19.2. The third-order valence-electron chi connectivity index (χ3n) is 4.53. The molecular formula is C20H23NO5S. The van der Waals surface area contributed by atoms with Crippen LogP contribution >= 0.6 is 0 Å². The lowest BCUT2D eigenvalue weighted by atomic mass is 10.0. The SMILES string of the molecule is CC[C@H](NC(=O)CCc1ccc2c(c1)OCO2)c1ccc(S(C)(=O)=O)cc1. The van der Waals surface area contributed by atoms with Crippen molar-refractivity contribution in [3.63, 3.8) is 0 Å². The van der Waals surface area contributed by atoms with Crippen LogP contribution in [0.5, 0.6) is 11.5 Å². The van der Waals surface area contributed by atoms with Gasteiger partial charge >= 0.3 is 0 Å². The number of hydrogen-bond acceptors (Lipinski definition) is 5. The topological polar surface area (TPSA) is 81.7 Å². The van der Waals surface area contributed by atoms with Gasteiger partial charge in [0, 0.05) is 12.7 Å². The molecule has 0 radical (unpaired) electrons. The molecule has 27 heavy (non-hydrogen) atoms. The molecule has 0 fully saturated rings. The van der Waals surface area contributed by atoms with Crippen molar-refractivity contribution in [3.05, 3.63) is 53.6 Å². The Labute approximate surface area is 159 Å². The predicted octanol–water partition coefficient (Wildman–Crippen LogP) is 3.02. The lowest BCUT2D eigenvalue weighted by Gasteiger charge is -2.18. The fourth-order valence-electron chi connectivity index (χ4n) is 2.99. The van der Waals surface area contributed by atoms with E-state index in [1.54, 1.807) is 24.3 Å². The number of sulfone groups is 1. The number of carbonyl (C=O) groups excluding carboxylic acids is 1. The predicted molar refractivity (Wildman–Crippen MR) is 102 cm³/mol. The fourth-order valence-corrected chi connectivity index (χ4v) is 3.62. The van der Waals surface area contributed by atoms with Crippen molar-refractivity contribution in [1.82, 2.24) is 5.32 Å². The van der Waals surface area contributed by atoms with Crippen LogP contribution in [0.25, 0.3) is 0 Å². The maximum atomic E-state index is 12.4. The van der Waals surface area contributed by atoms with Crippen LogP contribution in [0.1, 0.15) is 36.9 Å². The van der Waals surface area contributed by atoms with Crippen molar-refractivity contribution in [3.8, 4) is 11.5 Å². The van der Waals surface area contributed by atoms with E-state index in [4.69, 9.17) is 9.47 Å². The largest absolute Gasteiger partial charge is 0.454 e. The molecule has 1 aliphatic rings. The van der Waals surface area contributed by atoms with E-state index in [-0.39, 0.29) is 23.6 Å². The number of rotatable bonds is 7. The Hall–Kier alpha value is -2.54. The van der Waals surface area contributed by atoms with E-state index in [1.807, 2.05) is 25.1 Å². The van der Waals surface area contributed by atoms with Crippen LogP contribution in [0, 0.1) is 0 Å². The summed E-state index contributed by atoms with van der Waals surface area (Å²) < 4.78 is 33.8. The summed E-state index contributed by atoms with van der Waals surface area (Å²) in [5, 5.41) is 3.02. The molecule has 0 saturated carbocycles. The zero-order chi connectivity index (χ0) is 19.4.